The Morgan fingerprint density at radius 1 is 1.10 bits per heavy atom. The van der Waals surface area contributed by atoms with Crippen molar-refractivity contribution in [1.82, 2.24) is 9.88 Å². The van der Waals surface area contributed by atoms with E-state index in [0.717, 1.165) is 62.6 Å². The summed E-state index contributed by atoms with van der Waals surface area (Å²) >= 11 is 0. The highest BCUT2D eigenvalue weighted by Crippen LogP contribution is 2.22. The van der Waals surface area contributed by atoms with E-state index in [1.807, 2.05) is 61.7 Å². The van der Waals surface area contributed by atoms with Gasteiger partial charge in [0.15, 0.2) is 0 Å². The summed E-state index contributed by atoms with van der Waals surface area (Å²) in [5, 5.41) is 3.03. The summed E-state index contributed by atoms with van der Waals surface area (Å²) in [6.07, 6.45) is 7.15. The van der Waals surface area contributed by atoms with E-state index in [1.54, 1.807) is 12.5 Å². The van der Waals surface area contributed by atoms with E-state index in [1.165, 1.54) is 5.56 Å². The standard InChI is InChI=1S/C25H30N4O2/c1-2-23(21-7-4-3-5-8-21)25(30)27-22-9-10-24(26-17-22)29-13-6-12-28(14-15-29)18-20-11-16-31-19-20/h3-5,7-11,16-17,19,23H,2,6,12-15,18H2,1H3,(H,27,30). The summed E-state index contributed by atoms with van der Waals surface area (Å²) < 4.78 is 5.19. The highest BCUT2D eigenvalue weighted by molar-refractivity contribution is 5.95. The Kier molecular flexibility index (Phi) is 6.99. The second-order valence-electron chi connectivity index (χ2n) is 8.01. The number of nitrogens with zero attached hydrogens (tertiary/aromatic N) is 3. The molecule has 1 fully saturated rings. The molecule has 0 aliphatic carbocycles. The van der Waals surface area contributed by atoms with Gasteiger partial charge in [-0.3, -0.25) is 9.69 Å². The van der Waals surface area contributed by atoms with Crippen LogP contribution in [0.5, 0.6) is 0 Å². The molecule has 1 aliphatic heterocycles. The molecule has 1 unspecified atom stereocenters. The average Bonchev–Trinajstić information content (AvgIpc) is 3.20. The number of aromatic nitrogens is 1. The smallest absolute Gasteiger partial charge is 0.231 e. The molecule has 31 heavy (non-hydrogen) atoms. The molecule has 2 aromatic heterocycles. The lowest BCUT2D eigenvalue weighted by Crippen LogP contribution is -2.30. The Morgan fingerprint density at radius 3 is 2.68 bits per heavy atom. The molecule has 0 saturated carbocycles. The van der Waals surface area contributed by atoms with E-state index < -0.39 is 0 Å². The monoisotopic (exact) mass is 418 g/mol. The van der Waals surface area contributed by atoms with Crippen molar-refractivity contribution in [2.24, 2.45) is 0 Å². The van der Waals surface area contributed by atoms with Gasteiger partial charge in [0, 0.05) is 38.3 Å². The summed E-state index contributed by atoms with van der Waals surface area (Å²) in [5.74, 6) is 0.805. The number of nitrogens with one attached hydrogen (secondary N) is 1. The zero-order valence-electron chi connectivity index (χ0n) is 18.0. The lowest BCUT2D eigenvalue weighted by molar-refractivity contribution is -0.117. The second-order valence-corrected chi connectivity index (χ2v) is 8.01. The maximum atomic E-state index is 12.8. The first-order valence-corrected chi connectivity index (χ1v) is 11.0. The molecule has 1 amide bonds. The molecule has 1 saturated heterocycles. The maximum Gasteiger partial charge on any atom is 0.231 e. The average molecular weight is 419 g/mol. The van der Waals surface area contributed by atoms with Crippen molar-refractivity contribution in [2.45, 2.75) is 32.2 Å². The number of benzene rings is 1. The zero-order chi connectivity index (χ0) is 21.5. The fourth-order valence-corrected chi connectivity index (χ4v) is 4.13. The van der Waals surface area contributed by atoms with Crippen LogP contribution >= 0.6 is 0 Å². The van der Waals surface area contributed by atoms with E-state index in [0.29, 0.717) is 0 Å². The number of carbonyl (C=O) groups is 1. The first-order valence-electron chi connectivity index (χ1n) is 11.0. The van der Waals surface area contributed by atoms with Gasteiger partial charge in [0.2, 0.25) is 5.91 Å². The van der Waals surface area contributed by atoms with Crippen LogP contribution in [-0.4, -0.2) is 42.0 Å². The van der Waals surface area contributed by atoms with E-state index in [-0.39, 0.29) is 11.8 Å². The number of hydrogen-bond donors (Lipinski definition) is 1. The molecule has 1 aliphatic rings. The number of amides is 1. The Bertz CT molecular complexity index is 941. The lowest BCUT2D eigenvalue weighted by atomic mass is 9.95. The van der Waals surface area contributed by atoms with E-state index in [4.69, 9.17) is 4.42 Å². The predicted molar refractivity (Wildman–Crippen MR) is 123 cm³/mol. The van der Waals surface area contributed by atoms with Crippen LogP contribution in [0.15, 0.2) is 71.7 Å². The van der Waals surface area contributed by atoms with Gasteiger partial charge in [-0.05, 0) is 36.6 Å². The summed E-state index contributed by atoms with van der Waals surface area (Å²) in [7, 11) is 0. The number of hydrogen-bond acceptors (Lipinski definition) is 5. The summed E-state index contributed by atoms with van der Waals surface area (Å²) in [6.45, 7) is 6.92. The SMILES string of the molecule is CCC(C(=O)Nc1ccc(N2CCCN(Cc3ccoc3)CC2)nc1)c1ccccc1. The van der Waals surface area contributed by atoms with Gasteiger partial charge in [0.05, 0.1) is 30.3 Å². The van der Waals surface area contributed by atoms with E-state index >= 15 is 0 Å². The molecule has 3 heterocycles. The Balaban J connectivity index is 1.34. The number of anilines is 2. The van der Waals surface area contributed by atoms with Gasteiger partial charge in [-0.1, -0.05) is 37.3 Å². The number of rotatable bonds is 7. The predicted octanol–water partition coefficient (Wildman–Crippen LogP) is 4.52. The fraction of sp³-hybridized carbons (Fsp3) is 0.360. The molecule has 0 spiro atoms. The molecule has 1 aromatic carbocycles. The van der Waals surface area contributed by atoms with Crippen molar-refractivity contribution >= 4 is 17.4 Å². The number of furan rings is 1. The minimum Gasteiger partial charge on any atom is -0.472 e. The maximum absolute atomic E-state index is 12.8. The molecule has 162 valence electrons. The van der Waals surface area contributed by atoms with Gasteiger partial charge in [0.1, 0.15) is 5.82 Å². The van der Waals surface area contributed by atoms with Gasteiger partial charge in [-0.2, -0.15) is 0 Å². The molecule has 1 atom stereocenters. The third-order valence-electron chi connectivity index (χ3n) is 5.84. The highest BCUT2D eigenvalue weighted by Gasteiger charge is 2.19. The largest absolute Gasteiger partial charge is 0.472 e. The van der Waals surface area contributed by atoms with Crippen molar-refractivity contribution in [1.29, 1.82) is 0 Å². The minimum absolute atomic E-state index is 0.00732. The third kappa shape index (κ3) is 5.52. The quantitative estimate of drug-likeness (QED) is 0.611. The molecular formula is C25H30N4O2. The van der Waals surface area contributed by atoms with Crippen LogP contribution < -0.4 is 10.2 Å². The Morgan fingerprint density at radius 2 is 1.97 bits per heavy atom. The lowest BCUT2D eigenvalue weighted by Gasteiger charge is -2.23. The highest BCUT2D eigenvalue weighted by atomic mass is 16.3. The topological polar surface area (TPSA) is 61.6 Å². The summed E-state index contributed by atoms with van der Waals surface area (Å²) in [5.41, 5.74) is 2.99. The number of pyridine rings is 1. The van der Waals surface area contributed by atoms with E-state index in [9.17, 15) is 4.79 Å². The van der Waals surface area contributed by atoms with Gasteiger partial charge in [-0.25, -0.2) is 4.98 Å². The molecule has 0 radical (unpaired) electrons. The molecular weight excluding hydrogens is 388 g/mol. The van der Waals surface area contributed by atoms with Crippen LogP contribution in [0.2, 0.25) is 0 Å². The third-order valence-corrected chi connectivity index (χ3v) is 5.84. The fourth-order valence-electron chi connectivity index (χ4n) is 4.13. The normalized spacial score (nSPS) is 16.0. The molecule has 6 heteroatoms. The zero-order valence-corrected chi connectivity index (χ0v) is 18.0. The van der Waals surface area contributed by atoms with Gasteiger partial charge in [0.25, 0.3) is 0 Å². The number of carbonyl (C=O) groups excluding carboxylic acids is 1. The Labute approximate surface area is 183 Å². The van der Waals surface area contributed by atoms with Gasteiger partial charge in [-0.15, -0.1) is 0 Å². The second kappa shape index (κ2) is 10.3. The van der Waals surface area contributed by atoms with Crippen LogP contribution in [0, 0.1) is 0 Å². The van der Waals surface area contributed by atoms with Crippen molar-refractivity contribution in [3.63, 3.8) is 0 Å². The molecule has 6 nitrogen and oxygen atoms in total. The van der Waals surface area contributed by atoms with Crippen molar-refractivity contribution in [3.8, 4) is 0 Å². The first-order chi connectivity index (χ1) is 15.2. The van der Waals surface area contributed by atoms with Gasteiger partial charge < -0.3 is 14.6 Å². The van der Waals surface area contributed by atoms with Gasteiger partial charge >= 0.3 is 0 Å². The Hall–Kier alpha value is -3.12. The summed E-state index contributed by atoms with van der Waals surface area (Å²) in [6, 6.07) is 15.9. The van der Waals surface area contributed by atoms with E-state index in [2.05, 4.69) is 20.1 Å². The van der Waals surface area contributed by atoms with Crippen LogP contribution in [0.3, 0.4) is 0 Å². The minimum atomic E-state index is -0.160. The first kappa shape index (κ1) is 21.1. The summed E-state index contributed by atoms with van der Waals surface area (Å²) in [4.78, 5) is 22.2. The molecule has 0 bridgehead atoms. The van der Waals surface area contributed by atoms with Crippen LogP contribution in [0.1, 0.15) is 36.8 Å². The molecule has 1 N–H and O–H groups in total. The molecule has 4 rings (SSSR count). The van der Waals surface area contributed by atoms with Crippen molar-refractivity contribution in [3.05, 3.63) is 78.4 Å². The van der Waals surface area contributed by atoms with Crippen molar-refractivity contribution < 1.29 is 9.21 Å². The molecule has 3 aromatic rings. The van der Waals surface area contributed by atoms with Crippen molar-refractivity contribution in [2.75, 3.05) is 36.4 Å². The van der Waals surface area contributed by atoms with Crippen LogP contribution in [0.4, 0.5) is 11.5 Å². The van der Waals surface area contributed by atoms with Crippen LogP contribution in [0.25, 0.3) is 0 Å². The van der Waals surface area contributed by atoms with Crippen LogP contribution in [-0.2, 0) is 11.3 Å².